The van der Waals surface area contributed by atoms with Gasteiger partial charge in [0.05, 0.1) is 11.6 Å². The molecule has 0 aliphatic rings. The third-order valence-electron chi connectivity index (χ3n) is 2.31. The van der Waals surface area contributed by atoms with Gasteiger partial charge in [0.2, 0.25) is 0 Å². The van der Waals surface area contributed by atoms with E-state index in [0.717, 1.165) is 0 Å². The van der Waals surface area contributed by atoms with Gasteiger partial charge in [0.25, 0.3) is 0 Å². The van der Waals surface area contributed by atoms with Crippen LogP contribution >= 0.6 is 11.6 Å². The summed E-state index contributed by atoms with van der Waals surface area (Å²) in [5, 5.41) is 2.97. The molecule has 100 valence electrons. The van der Waals surface area contributed by atoms with E-state index in [1.807, 2.05) is 13.8 Å². The summed E-state index contributed by atoms with van der Waals surface area (Å²) in [5.74, 6) is -1.10. The van der Waals surface area contributed by atoms with E-state index in [4.69, 9.17) is 16.3 Å². The van der Waals surface area contributed by atoms with Crippen molar-refractivity contribution in [1.29, 1.82) is 0 Å². The first-order valence-electron chi connectivity index (χ1n) is 5.84. The predicted octanol–water partition coefficient (Wildman–Crippen LogP) is 3.08. The van der Waals surface area contributed by atoms with Crippen molar-refractivity contribution in [2.75, 3.05) is 6.61 Å². The Hall–Kier alpha value is -1.13. The number of hydrogen-bond donors (Lipinski definition) is 1. The quantitative estimate of drug-likeness (QED) is 0.838. The van der Waals surface area contributed by atoms with Crippen LogP contribution in [0.4, 0.5) is 4.39 Å². The number of carbonyl (C=O) groups excluding carboxylic acids is 1. The average molecular weight is 274 g/mol. The summed E-state index contributed by atoms with van der Waals surface area (Å²) in [6, 6.07) is 3.74. The minimum Gasteiger partial charge on any atom is -0.465 e. The molecule has 0 aliphatic heterocycles. The number of ether oxygens (including phenoxy) is 1. The normalized spacial score (nSPS) is 12.6. The molecule has 1 aromatic carbocycles. The maximum Gasteiger partial charge on any atom is 0.327 e. The van der Waals surface area contributed by atoms with Crippen LogP contribution < -0.4 is 5.32 Å². The number of nitrogens with one attached hydrogen (secondary N) is 1. The maximum atomic E-state index is 13.9. The Labute approximate surface area is 111 Å². The third-order valence-corrected chi connectivity index (χ3v) is 2.61. The van der Waals surface area contributed by atoms with Gasteiger partial charge < -0.3 is 4.74 Å². The second-order valence-corrected chi connectivity index (χ2v) is 4.56. The Morgan fingerprint density at radius 3 is 2.72 bits per heavy atom. The zero-order valence-corrected chi connectivity index (χ0v) is 11.4. The Kier molecular flexibility index (Phi) is 5.56. The highest BCUT2D eigenvalue weighted by Gasteiger charge is 2.26. The Morgan fingerprint density at radius 1 is 1.50 bits per heavy atom. The second-order valence-electron chi connectivity index (χ2n) is 4.15. The first kappa shape index (κ1) is 14.9. The van der Waals surface area contributed by atoms with E-state index in [1.165, 1.54) is 12.1 Å². The Bertz CT molecular complexity index is 423. The fourth-order valence-electron chi connectivity index (χ4n) is 1.59. The van der Waals surface area contributed by atoms with Gasteiger partial charge in [0.1, 0.15) is 11.9 Å². The molecule has 18 heavy (non-hydrogen) atoms. The number of rotatable bonds is 5. The van der Waals surface area contributed by atoms with Gasteiger partial charge in [-0.2, -0.15) is 0 Å². The van der Waals surface area contributed by atoms with E-state index in [-0.39, 0.29) is 23.2 Å². The molecule has 1 rings (SSSR count). The maximum absolute atomic E-state index is 13.9. The lowest BCUT2D eigenvalue weighted by Gasteiger charge is -2.20. The van der Waals surface area contributed by atoms with E-state index in [1.54, 1.807) is 13.0 Å². The highest BCUT2D eigenvalue weighted by molar-refractivity contribution is 6.30. The minimum atomic E-state index is -0.844. The lowest BCUT2D eigenvalue weighted by molar-refractivity contribution is -0.146. The fraction of sp³-hybridized carbons (Fsp3) is 0.462. The molecular weight excluding hydrogens is 257 g/mol. The SMILES string of the molecule is CCOC(=O)C(NC(C)C)c1cccc(Cl)c1F. The van der Waals surface area contributed by atoms with E-state index >= 15 is 0 Å². The van der Waals surface area contributed by atoms with Crippen molar-refractivity contribution in [3.63, 3.8) is 0 Å². The summed E-state index contributed by atoms with van der Waals surface area (Å²) in [6.07, 6.45) is 0. The smallest absolute Gasteiger partial charge is 0.327 e. The molecule has 3 nitrogen and oxygen atoms in total. The molecule has 0 amide bonds. The molecule has 0 radical (unpaired) electrons. The number of esters is 1. The molecule has 0 bridgehead atoms. The molecule has 1 unspecified atom stereocenters. The van der Waals surface area contributed by atoms with Crippen molar-refractivity contribution in [3.05, 3.63) is 34.6 Å². The number of benzene rings is 1. The summed E-state index contributed by atoms with van der Waals surface area (Å²) < 4.78 is 18.9. The molecular formula is C13H17ClFNO2. The van der Waals surface area contributed by atoms with Crippen molar-refractivity contribution in [2.24, 2.45) is 0 Å². The summed E-state index contributed by atoms with van der Waals surface area (Å²) in [7, 11) is 0. The van der Waals surface area contributed by atoms with Crippen molar-refractivity contribution in [3.8, 4) is 0 Å². The van der Waals surface area contributed by atoms with Crippen molar-refractivity contribution in [1.82, 2.24) is 5.32 Å². The summed E-state index contributed by atoms with van der Waals surface area (Å²) in [4.78, 5) is 11.8. The van der Waals surface area contributed by atoms with E-state index in [0.29, 0.717) is 0 Å². The molecule has 0 saturated heterocycles. The summed E-state index contributed by atoms with van der Waals surface area (Å²) in [6.45, 7) is 5.69. The molecule has 0 aliphatic carbocycles. The second kappa shape index (κ2) is 6.71. The predicted molar refractivity (Wildman–Crippen MR) is 69.1 cm³/mol. The van der Waals surface area contributed by atoms with Gasteiger partial charge in [-0.3, -0.25) is 5.32 Å². The highest BCUT2D eigenvalue weighted by atomic mass is 35.5. The van der Waals surface area contributed by atoms with Crippen molar-refractivity contribution in [2.45, 2.75) is 32.9 Å². The zero-order valence-electron chi connectivity index (χ0n) is 10.7. The molecule has 1 N–H and O–H groups in total. The summed E-state index contributed by atoms with van der Waals surface area (Å²) in [5.41, 5.74) is 0.203. The van der Waals surface area contributed by atoms with E-state index in [2.05, 4.69) is 5.32 Å². The zero-order chi connectivity index (χ0) is 13.7. The Morgan fingerprint density at radius 2 is 2.17 bits per heavy atom. The Balaban J connectivity index is 3.09. The lowest BCUT2D eigenvalue weighted by atomic mass is 10.1. The third kappa shape index (κ3) is 3.68. The molecule has 0 aromatic heterocycles. The van der Waals surface area contributed by atoms with Gasteiger partial charge in [-0.1, -0.05) is 23.7 Å². The molecule has 0 spiro atoms. The van der Waals surface area contributed by atoms with E-state index < -0.39 is 17.8 Å². The van der Waals surface area contributed by atoms with Crippen molar-refractivity contribution < 1.29 is 13.9 Å². The number of halogens is 2. The van der Waals surface area contributed by atoms with Gasteiger partial charge in [-0.05, 0) is 26.8 Å². The molecule has 5 heteroatoms. The average Bonchev–Trinajstić information content (AvgIpc) is 2.30. The summed E-state index contributed by atoms with van der Waals surface area (Å²) >= 11 is 5.72. The molecule has 0 fully saturated rings. The molecule has 1 aromatic rings. The van der Waals surface area contributed by atoms with Crippen LogP contribution in [0.25, 0.3) is 0 Å². The van der Waals surface area contributed by atoms with Gasteiger partial charge >= 0.3 is 5.97 Å². The van der Waals surface area contributed by atoms with Crippen LogP contribution in [0.15, 0.2) is 18.2 Å². The number of carbonyl (C=O) groups is 1. The van der Waals surface area contributed by atoms with Crippen LogP contribution in [0.2, 0.25) is 5.02 Å². The largest absolute Gasteiger partial charge is 0.465 e. The van der Waals surface area contributed by atoms with Crippen LogP contribution in [-0.4, -0.2) is 18.6 Å². The lowest BCUT2D eigenvalue weighted by Crippen LogP contribution is -2.35. The van der Waals surface area contributed by atoms with Gasteiger partial charge in [-0.15, -0.1) is 0 Å². The van der Waals surface area contributed by atoms with Crippen LogP contribution in [0, 0.1) is 5.82 Å². The van der Waals surface area contributed by atoms with Crippen LogP contribution in [0.3, 0.4) is 0 Å². The highest BCUT2D eigenvalue weighted by Crippen LogP contribution is 2.24. The van der Waals surface area contributed by atoms with Crippen LogP contribution in [0.1, 0.15) is 32.4 Å². The van der Waals surface area contributed by atoms with Crippen LogP contribution in [0.5, 0.6) is 0 Å². The minimum absolute atomic E-state index is 0.00708. The van der Waals surface area contributed by atoms with Crippen molar-refractivity contribution >= 4 is 17.6 Å². The first-order valence-corrected chi connectivity index (χ1v) is 6.21. The van der Waals surface area contributed by atoms with Gasteiger partial charge in [0.15, 0.2) is 0 Å². The van der Waals surface area contributed by atoms with Crippen LogP contribution in [-0.2, 0) is 9.53 Å². The van der Waals surface area contributed by atoms with Gasteiger partial charge in [0, 0.05) is 11.6 Å². The molecule has 0 heterocycles. The molecule has 1 atom stereocenters. The first-order chi connectivity index (χ1) is 8.47. The number of hydrogen-bond acceptors (Lipinski definition) is 3. The molecule has 0 saturated carbocycles. The fourth-order valence-corrected chi connectivity index (χ4v) is 1.77. The topological polar surface area (TPSA) is 38.3 Å². The standard InChI is InChI=1S/C13H17ClFNO2/c1-4-18-13(17)12(16-8(2)3)9-6-5-7-10(14)11(9)15/h5-8,12,16H,4H2,1-3H3. The van der Waals surface area contributed by atoms with Gasteiger partial charge in [-0.25, -0.2) is 9.18 Å². The monoisotopic (exact) mass is 273 g/mol. The van der Waals surface area contributed by atoms with E-state index in [9.17, 15) is 9.18 Å².